The number of methoxy groups -OCH3 is 1. The van der Waals surface area contributed by atoms with Crippen LogP contribution in [0.25, 0.3) is 0 Å². The summed E-state index contributed by atoms with van der Waals surface area (Å²) in [7, 11) is -2.00. The number of halogens is 2. The van der Waals surface area contributed by atoms with E-state index in [1.54, 1.807) is 7.11 Å². The maximum atomic E-state index is 12.3. The van der Waals surface area contributed by atoms with Crippen molar-refractivity contribution in [3.05, 3.63) is 22.4 Å². The molecule has 1 unspecified atom stereocenters. The lowest BCUT2D eigenvalue weighted by atomic mass is 10.3. The molecule has 2 rings (SSSR count). The minimum absolute atomic E-state index is 0.0497. The van der Waals surface area contributed by atoms with Gasteiger partial charge in [0.25, 0.3) is 0 Å². The Balaban J connectivity index is 2.28. The summed E-state index contributed by atoms with van der Waals surface area (Å²) in [4.78, 5) is 3.80. The molecule has 0 N–H and O–H groups in total. The first-order valence-electron chi connectivity index (χ1n) is 5.29. The fourth-order valence-corrected chi connectivity index (χ4v) is 3.60. The van der Waals surface area contributed by atoms with E-state index in [9.17, 15) is 8.42 Å². The predicted molar refractivity (Wildman–Crippen MR) is 68.4 cm³/mol. The number of pyridine rings is 1. The fourth-order valence-electron chi connectivity index (χ4n) is 1.80. The van der Waals surface area contributed by atoms with E-state index >= 15 is 0 Å². The number of aromatic nitrogens is 1. The lowest BCUT2D eigenvalue weighted by molar-refractivity contribution is 0.115. The van der Waals surface area contributed by atoms with Crippen molar-refractivity contribution >= 4 is 33.2 Å². The maximum Gasteiger partial charge on any atom is 0.244 e. The molecule has 8 heteroatoms. The molecule has 0 spiro atoms. The van der Waals surface area contributed by atoms with E-state index in [4.69, 9.17) is 27.9 Å². The van der Waals surface area contributed by atoms with Crippen molar-refractivity contribution in [1.82, 2.24) is 9.29 Å². The highest BCUT2D eigenvalue weighted by atomic mass is 35.5. The summed E-state index contributed by atoms with van der Waals surface area (Å²) in [6, 6.07) is 1.31. The lowest BCUT2D eigenvalue weighted by Crippen LogP contribution is -2.30. The number of hydrogen-bond donors (Lipinski definition) is 0. The Kier molecular flexibility index (Phi) is 4.13. The molecule has 100 valence electrons. The highest BCUT2D eigenvalue weighted by Gasteiger charge is 2.33. The molecule has 0 aliphatic carbocycles. The van der Waals surface area contributed by atoms with Crippen LogP contribution < -0.4 is 0 Å². The Labute approximate surface area is 116 Å². The van der Waals surface area contributed by atoms with Crippen LogP contribution in [0.4, 0.5) is 0 Å². The van der Waals surface area contributed by atoms with Crippen LogP contribution in [0, 0.1) is 0 Å². The predicted octanol–water partition coefficient (Wildman–Crippen LogP) is 1.80. The molecule has 0 radical (unpaired) electrons. The monoisotopic (exact) mass is 310 g/mol. The summed E-state index contributed by atoms with van der Waals surface area (Å²) in [6.45, 7) is 0.778. The van der Waals surface area contributed by atoms with Gasteiger partial charge in [0.15, 0.2) is 0 Å². The lowest BCUT2D eigenvalue weighted by Gasteiger charge is -2.16. The van der Waals surface area contributed by atoms with E-state index in [1.165, 1.54) is 16.6 Å². The smallest absolute Gasteiger partial charge is 0.244 e. The first kappa shape index (κ1) is 14.0. The molecule has 1 aromatic rings. The summed E-state index contributed by atoms with van der Waals surface area (Å²) in [5.41, 5.74) is 0. The van der Waals surface area contributed by atoms with Gasteiger partial charge in [0.05, 0.1) is 11.1 Å². The molecule has 5 nitrogen and oxygen atoms in total. The minimum Gasteiger partial charge on any atom is -0.380 e. The Morgan fingerprint density at radius 1 is 1.50 bits per heavy atom. The fraction of sp³-hybridized carbons (Fsp3) is 0.500. The zero-order chi connectivity index (χ0) is 13.3. The molecule has 1 aromatic heterocycles. The van der Waals surface area contributed by atoms with Crippen LogP contribution in [0.1, 0.15) is 6.42 Å². The van der Waals surface area contributed by atoms with E-state index < -0.39 is 10.0 Å². The second kappa shape index (κ2) is 5.30. The topological polar surface area (TPSA) is 59.5 Å². The standard InChI is InChI=1S/C10H12Cl2N2O3S/c1-17-7-2-3-14(6-7)18(15,16)8-4-9(11)10(12)13-5-8/h4-5,7H,2-3,6H2,1H3. The molecule has 0 bridgehead atoms. The van der Waals surface area contributed by atoms with Gasteiger partial charge in [-0.15, -0.1) is 0 Å². The van der Waals surface area contributed by atoms with Gasteiger partial charge in [0, 0.05) is 26.4 Å². The molecule has 1 aliphatic rings. The molecule has 0 amide bonds. The molecule has 2 heterocycles. The van der Waals surface area contributed by atoms with Gasteiger partial charge < -0.3 is 4.74 Å². The van der Waals surface area contributed by atoms with E-state index in [0.29, 0.717) is 19.5 Å². The van der Waals surface area contributed by atoms with Crippen LogP contribution in [0.5, 0.6) is 0 Å². The molecular formula is C10H12Cl2N2O3S. The van der Waals surface area contributed by atoms with Crippen LogP contribution in [0.15, 0.2) is 17.2 Å². The summed E-state index contributed by atoms with van der Waals surface area (Å²) in [6.07, 6.45) is 1.84. The first-order chi connectivity index (χ1) is 8.45. The largest absolute Gasteiger partial charge is 0.380 e. The summed E-state index contributed by atoms with van der Waals surface area (Å²) < 4.78 is 31.1. The van der Waals surface area contributed by atoms with Gasteiger partial charge in [0.2, 0.25) is 10.0 Å². The molecule has 0 aromatic carbocycles. The van der Waals surface area contributed by atoms with Gasteiger partial charge in [-0.05, 0) is 12.5 Å². The van der Waals surface area contributed by atoms with Crippen LogP contribution in [0.2, 0.25) is 10.2 Å². The zero-order valence-corrected chi connectivity index (χ0v) is 12.0. The molecular weight excluding hydrogens is 299 g/mol. The van der Waals surface area contributed by atoms with Gasteiger partial charge in [0.1, 0.15) is 10.0 Å². The second-order valence-electron chi connectivity index (χ2n) is 3.95. The quantitative estimate of drug-likeness (QED) is 0.799. The molecule has 18 heavy (non-hydrogen) atoms. The number of sulfonamides is 1. The Hall–Kier alpha value is -0.400. The Bertz CT molecular complexity index is 550. The number of ether oxygens (including phenoxy) is 1. The van der Waals surface area contributed by atoms with Crippen molar-refractivity contribution in [2.24, 2.45) is 0 Å². The molecule has 0 saturated carbocycles. The average molecular weight is 311 g/mol. The van der Waals surface area contributed by atoms with Crippen molar-refractivity contribution in [2.45, 2.75) is 17.4 Å². The molecule has 1 saturated heterocycles. The SMILES string of the molecule is COC1CCN(S(=O)(=O)c2cnc(Cl)c(Cl)c2)C1. The van der Waals surface area contributed by atoms with Crippen LogP contribution in [-0.2, 0) is 14.8 Å². The third-order valence-electron chi connectivity index (χ3n) is 2.85. The van der Waals surface area contributed by atoms with Crippen LogP contribution in [0.3, 0.4) is 0 Å². The molecule has 1 fully saturated rings. The average Bonchev–Trinajstić information content (AvgIpc) is 2.81. The van der Waals surface area contributed by atoms with Crippen molar-refractivity contribution in [3.63, 3.8) is 0 Å². The third-order valence-corrected chi connectivity index (χ3v) is 5.37. The highest BCUT2D eigenvalue weighted by molar-refractivity contribution is 7.89. The van der Waals surface area contributed by atoms with Crippen molar-refractivity contribution < 1.29 is 13.2 Å². The summed E-state index contributed by atoms with van der Waals surface area (Å²) in [5.74, 6) is 0. The molecule has 1 atom stereocenters. The van der Waals surface area contributed by atoms with E-state index in [-0.39, 0.29) is 21.2 Å². The Morgan fingerprint density at radius 3 is 2.78 bits per heavy atom. The van der Waals surface area contributed by atoms with E-state index in [2.05, 4.69) is 4.98 Å². The van der Waals surface area contributed by atoms with Crippen LogP contribution in [-0.4, -0.2) is 44.0 Å². The van der Waals surface area contributed by atoms with Crippen molar-refractivity contribution in [2.75, 3.05) is 20.2 Å². The van der Waals surface area contributed by atoms with E-state index in [0.717, 1.165) is 0 Å². The Morgan fingerprint density at radius 2 is 2.22 bits per heavy atom. The normalized spacial score (nSPS) is 21.4. The van der Waals surface area contributed by atoms with Gasteiger partial charge in [-0.1, -0.05) is 23.2 Å². The first-order valence-corrected chi connectivity index (χ1v) is 7.48. The minimum atomic E-state index is -3.57. The van der Waals surface area contributed by atoms with Crippen molar-refractivity contribution in [1.29, 1.82) is 0 Å². The highest BCUT2D eigenvalue weighted by Crippen LogP contribution is 2.26. The van der Waals surface area contributed by atoms with Gasteiger partial charge in [-0.25, -0.2) is 13.4 Å². The summed E-state index contributed by atoms with van der Waals surface area (Å²) >= 11 is 11.4. The van der Waals surface area contributed by atoms with Crippen LogP contribution >= 0.6 is 23.2 Å². The number of nitrogens with zero attached hydrogens (tertiary/aromatic N) is 2. The molecule has 1 aliphatic heterocycles. The maximum absolute atomic E-state index is 12.3. The zero-order valence-electron chi connectivity index (χ0n) is 9.64. The van der Waals surface area contributed by atoms with E-state index in [1.807, 2.05) is 0 Å². The van der Waals surface area contributed by atoms with Gasteiger partial charge in [-0.3, -0.25) is 0 Å². The van der Waals surface area contributed by atoms with Gasteiger partial charge in [-0.2, -0.15) is 4.31 Å². The summed E-state index contributed by atoms with van der Waals surface area (Å²) in [5, 5.41) is 0.215. The number of hydrogen-bond acceptors (Lipinski definition) is 4. The third kappa shape index (κ3) is 2.62. The number of rotatable bonds is 3. The second-order valence-corrected chi connectivity index (χ2v) is 6.66. The van der Waals surface area contributed by atoms with Crippen molar-refractivity contribution in [3.8, 4) is 0 Å². The van der Waals surface area contributed by atoms with Gasteiger partial charge >= 0.3 is 0 Å².